The lowest BCUT2D eigenvalue weighted by atomic mass is 10.1. The average Bonchev–Trinajstić information content (AvgIpc) is 2.81. The number of aromatic hydroxyl groups is 1. The van der Waals surface area contributed by atoms with Crippen LogP contribution < -0.4 is 16.6 Å². The maximum absolute atomic E-state index is 13.2. The number of aryl methyl sites for hydroxylation is 1. The number of halogens is 3. The molecular formula is C23H21F3N4O4S. The van der Waals surface area contributed by atoms with Crippen molar-refractivity contribution in [1.29, 1.82) is 0 Å². The molecule has 0 radical (unpaired) electrons. The van der Waals surface area contributed by atoms with Gasteiger partial charge >= 0.3 is 11.9 Å². The van der Waals surface area contributed by atoms with E-state index in [1.54, 1.807) is 24.3 Å². The molecule has 35 heavy (non-hydrogen) atoms. The van der Waals surface area contributed by atoms with Crippen molar-refractivity contribution in [1.82, 2.24) is 9.13 Å². The Morgan fingerprint density at radius 1 is 1.06 bits per heavy atom. The molecule has 184 valence electrons. The Bertz CT molecular complexity index is 1410. The van der Waals surface area contributed by atoms with Gasteiger partial charge in [-0.05, 0) is 31.2 Å². The topological polar surface area (TPSA) is 106 Å². The minimum absolute atomic E-state index is 0.0817. The first-order chi connectivity index (χ1) is 16.4. The number of hydrogen-bond donors (Lipinski definition) is 2. The van der Waals surface area contributed by atoms with Crippen molar-refractivity contribution in [3.05, 3.63) is 86.1 Å². The molecule has 1 aromatic heterocycles. The largest absolute Gasteiger partial charge is 0.494 e. The highest BCUT2D eigenvalue weighted by molar-refractivity contribution is 8.15. The van der Waals surface area contributed by atoms with Crippen LogP contribution >= 0.6 is 11.8 Å². The van der Waals surface area contributed by atoms with E-state index in [0.29, 0.717) is 5.69 Å². The molecule has 12 heteroatoms. The molecule has 0 spiro atoms. The van der Waals surface area contributed by atoms with Crippen molar-refractivity contribution in [3.8, 4) is 5.88 Å². The molecule has 0 aliphatic carbocycles. The highest BCUT2D eigenvalue weighted by atomic mass is 32.2. The van der Waals surface area contributed by atoms with Crippen LogP contribution in [0.5, 0.6) is 5.88 Å². The number of para-hydroxylation sites is 1. The fraction of sp³-hybridized carbons (Fsp3) is 0.217. The Morgan fingerprint density at radius 2 is 1.69 bits per heavy atom. The van der Waals surface area contributed by atoms with Gasteiger partial charge in [-0.15, -0.1) is 0 Å². The molecule has 2 N–H and O–H groups in total. The van der Waals surface area contributed by atoms with Crippen LogP contribution in [0.25, 0.3) is 0 Å². The molecule has 0 aliphatic heterocycles. The highest BCUT2D eigenvalue weighted by Gasteiger charge is 2.33. The standard InChI is InChI=1S/C23H21F3N4O4S/c1-13-8-10-14(11-9-13)27-19(18-20(32)29(2)22(34)30(3)21(18)33)35-12-17(31)28-16-7-5-4-6-15(16)23(24,25)26/h4-11,32H,12H2,1-3H3,(H,28,31). The molecular weight excluding hydrogens is 485 g/mol. The van der Waals surface area contributed by atoms with Crippen LogP contribution in [0, 0.1) is 6.92 Å². The molecule has 0 saturated heterocycles. The summed E-state index contributed by atoms with van der Waals surface area (Å²) < 4.78 is 41.3. The summed E-state index contributed by atoms with van der Waals surface area (Å²) in [7, 11) is 2.48. The van der Waals surface area contributed by atoms with Gasteiger partial charge in [-0.2, -0.15) is 13.2 Å². The lowest BCUT2D eigenvalue weighted by Crippen LogP contribution is -2.39. The van der Waals surface area contributed by atoms with E-state index in [0.717, 1.165) is 38.6 Å². The number of carbonyl (C=O) groups excluding carboxylic acids is 1. The third kappa shape index (κ3) is 5.83. The number of rotatable bonds is 5. The van der Waals surface area contributed by atoms with E-state index in [-0.39, 0.29) is 10.6 Å². The summed E-state index contributed by atoms with van der Waals surface area (Å²) in [6.07, 6.45) is -4.66. The van der Waals surface area contributed by atoms with Gasteiger partial charge in [0.15, 0.2) is 0 Å². The van der Waals surface area contributed by atoms with Crippen LogP contribution in [0.2, 0.25) is 0 Å². The number of aliphatic imine (C=N–C) groups is 1. The first-order valence-electron chi connectivity index (χ1n) is 10.1. The molecule has 3 aromatic rings. The SMILES string of the molecule is Cc1ccc(N=C(SCC(=O)Nc2ccccc2C(F)(F)F)c2c(O)n(C)c(=O)n(C)c2=O)cc1. The molecule has 1 heterocycles. The van der Waals surface area contributed by atoms with E-state index >= 15 is 0 Å². The van der Waals surface area contributed by atoms with Gasteiger partial charge in [0, 0.05) is 14.1 Å². The van der Waals surface area contributed by atoms with Gasteiger partial charge in [0.2, 0.25) is 11.8 Å². The first kappa shape index (κ1) is 25.8. The van der Waals surface area contributed by atoms with Gasteiger partial charge in [-0.1, -0.05) is 41.6 Å². The second kappa shape index (κ2) is 10.2. The van der Waals surface area contributed by atoms with E-state index in [1.807, 2.05) is 6.92 Å². The number of hydrogen-bond acceptors (Lipinski definition) is 6. The van der Waals surface area contributed by atoms with Gasteiger partial charge in [0.05, 0.1) is 22.7 Å². The zero-order chi connectivity index (χ0) is 25.9. The van der Waals surface area contributed by atoms with Crippen LogP contribution in [-0.2, 0) is 25.1 Å². The molecule has 1 amide bonds. The summed E-state index contributed by atoms with van der Waals surface area (Å²) in [5.74, 6) is -1.87. The number of alkyl halides is 3. The minimum Gasteiger partial charge on any atom is -0.494 e. The quantitative estimate of drug-likeness (QED) is 0.407. The van der Waals surface area contributed by atoms with Crippen molar-refractivity contribution in [2.75, 3.05) is 11.1 Å². The Kier molecular flexibility index (Phi) is 7.54. The van der Waals surface area contributed by atoms with E-state index in [9.17, 15) is 32.7 Å². The van der Waals surface area contributed by atoms with Crippen LogP contribution in [0.1, 0.15) is 16.7 Å². The Hall–Kier alpha value is -3.80. The van der Waals surface area contributed by atoms with Gasteiger partial charge < -0.3 is 10.4 Å². The molecule has 3 rings (SSSR count). The Balaban J connectivity index is 1.98. The van der Waals surface area contributed by atoms with Crippen LogP contribution in [0.3, 0.4) is 0 Å². The Labute approximate surface area is 201 Å². The number of anilines is 1. The number of amides is 1. The zero-order valence-corrected chi connectivity index (χ0v) is 19.7. The Morgan fingerprint density at radius 3 is 2.31 bits per heavy atom. The van der Waals surface area contributed by atoms with Crippen molar-refractivity contribution < 1.29 is 23.1 Å². The number of nitrogens with zero attached hydrogens (tertiary/aromatic N) is 3. The molecule has 8 nitrogen and oxygen atoms in total. The van der Waals surface area contributed by atoms with Gasteiger partial charge in [0.25, 0.3) is 5.56 Å². The van der Waals surface area contributed by atoms with Crippen LogP contribution in [0.4, 0.5) is 24.5 Å². The third-order valence-electron chi connectivity index (χ3n) is 4.96. The van der Waals surface area contributed by atoms with Gasteiger partial charge in [-0.25, -0.2) is 9.79 Å². The molecule has 2 aromatic carbocycles. The van der Waals surface area contributed by atoms with Crippen molar-refractivity contribution in [2.45, 2.75) is 13.1 Å². The summed E-state index contributed by atoms with van der Waals surface area (Å²) in [6, 6.07) is 11.4. The van der Waals surface area contributed by atoms with Gasteiger partial charge in [-0.3, -0.25) is 18.7 Å². The molecule has 0 aliphatic rings. The molecule has 0 saturated carbocycles. The number of nitrogens with one attached hydrogen (secondary N) is 1. The first-order valence-corrected chi connectivity index (χ1v) is 11.1. The summed E-state index contributed by atoms with van der Waals surface area (Å²) in [5, 5.41) is 12.7. The maximum Gasteiger partial charge on any atom is 0.418 e. The lowest BCUT2D eigenvalue weighted by Gasteiger charge is -2.14. The van der Waals surface area contributed by atoms with E-state index in [4.69, 9.17) is 0 Å². The third-order valence-corrected chi connectivity index (χ3v) is 5.93. The number of benzene rings is 2. The maximum atomic E-state index is 13.2. The zero-order valence-electron chi connectivity index (χ0n) is 18.9. The molecule has 0 bridgehead atoms. The summed E-state index contributed by atoms with van der Waals surface area (Å²) in [4.78, 5) is 41.8. The van der Waals surface area contributed by atoms with Gasteiger partial charge in [0.1, 0.15) is 10.6 Å². The van der Waals surface area contributed by atoms with Crippen molar-refractivity contribution in [2.24, 2.45) is 19.1 Å². The van der Waals surface area contributed by atoms with E-state index in [2.05, 4.69) is 10.3 Å². The minimum atomic E-state index is -4.66. The monoisotopic (exact) mass is 506 g/mol. The summed E-state index contributed by atoms with van der Waals surface area (Å²) >= 11 is 0.734. The number of thioether (sulfide) groups is 1. The average molecular weight is 507 g/mol. The fourth-order valence-corrected chi connectivity index (χ4v) is 3.91. The number of carbonyl (C=O) groups is 1. The molecule has 0 fully saturated rings. The van der Waals surface area contributed by atoms with E-state index in [1.165, 1.54) is 26.2 Å². The predicted molar refractivity (Wildman–Crippen MR) is 128 cm³/mol. The highest BCUT2D eigenvalue weighted by Crippen LogP contribution is 2.34. The van der Waals surface area contributed by atoms with Crippen molar-refractivity contribution in [3.63, 3.8) is 0 Å². The summed E-state index contributed by atoms with van der Waals surface area (Å²) in [6.45, 7) is 1.86. The molecule has 0 unspecified atom stereocenters. The number of aromatic nitrogens is 2. The smallest absolute Gasteiger partial charge is 0.418 e. The fourth-order valence-electron chi connectivity index (χ4n) is 3.08. The second-order valence-corrected chi connectivity index (χ2v) is 8.50. The predicted octanol–water partition coefficient (Wildman–Crippen LogP) is 3.57. The molecule has 0 atom stereocenters. The van der Waals surface area contributed by atoms with E-state index < -0.39 is 46.2 Å². The normalized spacial score (nSPS) is 12.0. The van der Waals surface area contributed by atoms with Crippen LogP contribution in [-0.4, -0.2) is 30.9 Å². The van der Waals surface area contributed by atoms with Crippen molar-refractivity contribution >= 4 is 34.1 Å². The summed E-state index contributed by atoms with van der Waals surface area (Å²) in [5.41, 5.74) is -1.99. The second-order valence-electron chi connectivity index (χ2n) is 7.54. The lowest BCUT2D eigenvalue weighted by molar-refractivity contribution is -0.137. The van der Waals surface area contributed by atoms with Crippen LogP contribution in [0.15, 0.2) is 63.1 Å².